The molecule has 0 bridgehead atoms. The van der Waals surface area contributed by atoms with Gasteiger partial charge in [-0.15, -0.1) is 0 Å². The van der Waals surface area contributed by atoms with Crippen LogP contribution in [-0.2, 0) is 24.2 Å². The van der Waals surface area contributed by atoms with E-state index >= 15 is 0 Å². The summed E-state index contributed by atoms with van der Waals surface area (Å²) in [6, 6.07) is 24.0. The third-order valence-corrected chi connectivity index (χ3v) is 6.81. The van der Waals surface area contributed by atoms with Crippen LogP contribution in [0.3, 0.4) is 0 Å². The van der Waals surface area contributed by atoms with Crippen LogP contribution >= 0.6 is 11.6 Å². The molecule has 4 rings (SSSR count). The second kappa shape index (κ2) is 12.6. The first kappa shape index (κ1) is 25.8. The van der Waals surface area contributed by atoms with Gasteiger partial charge < -0.3 is 14.6 Å². The minimum absolute atomic E-state index is 0.0126. The van der Waals surface area contributed by atoms with Gasteiger partial charge in [-0.3, -0.25) is 4.79 Å². The number of ether oxygens (including phenoxy) is 1. The highest BCUT2D eigenvalue weighted by Gasteiger charge is 2.11. The molecule has 1 heterocycles. The molecule has 0 aliphatic heterocycles. The number of rotatable bonds is 12. The zero-order valence-electron chi connectivity index (χ0n) is 21.0. The van der Waals surface area contributed by atoms with Crippen molar-refractivity contribution in [2.24, 2.45) is 0 Å². The molecule has 3 aromatic carbocycles. The molecule has 0 aliphatic carbocycles. The number of fused-ring (bicyclic) bond motifs is 1. The number of nitrogens with zero attached hydrogens (tertiary/aromatic N) is 2. The largest absolute Gasteiger partial charge is 0.492 e. The smallest absolute Gasteiger partial charge is 0.224 e. The number of aromatic nitrogens is 2. The van der Waals surface area contributed by atoms with E-state index in [1.54, 1.807) is 12.1 Å². The Morgan fingerprint density at radius 3 is 2.56 bits per heavy atom. The number of nitrogens with one attached hydrogen (secondary N) is 1. The van der Waals surface area contributed by atoms with Crippen molar-refractivity contribution in [3.05, 3.63) is 94.8 Å². The number of carbonyl (C=O) groups is 1. The monoisotopic (exact) mass is 503 g/mol. The van der Waals surface area contributed by atoms with Gasteiger partial charge in [0.1, 0.15) is 18.2 Å². The number of hydrogen-bond donors (Lipinski definition) is 1. The van der Waals surface area contributed by atoms with Gasteiger partial charge in [0, 0.05) is 18.0 Å². The molecule has 188 valence electrons. The number of benzene rings is 3. The third kappa shape index (κ3) is 6.88. The van der Waals surface area contributed by atoms with Crippen molar-refractivity contribution in [2.75, 3.05) is 13.2 Å². The average molecular weight is 504 g/mol. The second-order valence-corrected chi connectivity index (χ2v) is 9.59. The lowest BCUT2D eigenvalue weighted by Gasteiger charge is -2.13. The number of hydrogen-bond acceptors (Lipinski definition) is 3. The third-order valence-electron chi connectivity index (χ3n) is 6.56. The summed E-state index contributed by atoms with van der Waals surface area (Å²) < 4.78 is 8.29. The molecular formula is C30H34ClN3O2. The fraction of sp³-hybridized carbons (Fsp3) is 0.333. The van der Waals surface area contributed by atoms with Crippen molar-refractivity contribution in [3.8, 4) is 5.75 Å². The van der Waals surface area contributed by atoms with E-state index in [0.717, 1.165) is 47.4 Å². The lowest BCUT2D eigenvalue weighted by molar-refractivity contribution is -0.120. The molecule has 0 spiro atoms. The Labute approximate surface area is 218 Å². The van der Waals surface area contributed by atoms with Gasteiger partial charge in [0.15, 0.2) is 0 Å². The first-order valence-corrected chi connectivity index (χ1v) is 13.1. The fourth-order valence-electron chi connectivity index (χ4n) is 4.27. The second-order valence-electron chi connectivity index (χ2n) is 9.15. The maximum atomic E-state index is 12.3. The van der Waals surface area contributed by atoms with Crippen molar-refractivity contribution in [2.45, 2.75) is 52.0 Å². The Hall–Kier alpha value is -3.31. The zero-order chi connectivity index (χ0) is 25.3. The van der Waals surface area contributed by atoms with Gasteiger partial charge >= 0.3 is 0 Å². The summed E-state index contributed by atoms with van der Waals surface area (Å²) in [6.07, 6.45) is 3.07. The van der Waals surface area contributed by atoms with Crippen molar-refractivity contribution >= 4 is 28.5 Å². The van der Waals surface area contributed by atoms with E-state index in [1.165, 1.54) is 5.56 Å². The van der Waals surface area contributed by atoms with Crippen molar-refractivity contribution in [1.82, 2.24) is 14.9 Å². The van der Waals surface area contributed by atoms with Gasteiger partial charge in [-0.25, -0.2) is 4.98 Å². The molecule has 0 aliphatic rings. The number of imidazole rings is 1. The summed E-state index contributed by atoms with van der Waals surface area (Å²) in [7, 11) is 0. The van der Waals surface area contributed by atoms with Crippen LogP contribution in [0, 0.1) is 0 Å². The first-order chi connectivity index (χ1) is 17.5. The standard InChI is InChI=1S/C30H34ClN3O2/c1-3-22(2)24-12-16-26(17-13-24)36-20-19-34-28-8-5-4-7-27(28)33-29(34)9-6-18-32-30(35)21-23-10-14-25(31)15-11-23/h4-5,7-8,10-17,22H,3,6,9,18-21H2,1-2H3,(H,32,35). The Morgan fingerprint density at radius 2 is 1.81 bits per heavy atom. The van der Waals surface area contributed by atoms with E-state index in [-0.39, 0.29) is 5.91 Å². The van der Waals surface area contributed by atoms with E-state index in [2.05, 4.69) is 54.1 Å². The maximum absolute atomic E-state index is 12.3. The van der Waals surface area contributed by atoms with Crippen LogP contribution in [0.2, 0.25) is 5.02 Å². The normalized spacial score (nSPS) is 12.0. The molecule has 1 amide bonds. The molecule has 5 nitrogen and oxygen atoms in total. The zero-order valence-corrected chi connectivity index (χ0v) is 21.8. The molecule has 1 N–H and O–H groups in total. The van der Waals surface area contributed by atoms with Crippen LogP contribution < -0.4 is 10.1 Å². The fourth-order valence-corrected chi connectivity index (χ4v) is 4.40. The van der Waals surface area contributed by atoms with Gasteiger partial charge in [-0.05, 0) is 66.3 Å². The molecule has 0 saturated heterocycles. The van der Waals surface area contributed by atoms with Gasteiger partial charge in [0.05, 0.1) is 24.0 Å². The van der Waals surface area contributed by atoms with E-state index in [9.17, 15) is 4.79 Å². The highest BCUT2D eigenvalue weighted by Crippen LogP contribution is 2.22. The summed E-state index contributed by atoms with van der Waals surface area (Å²) in [5.74, 6) is 2.47. The molecule has 36 heavy (non-hydrogen) atoms. The van der Waals surface area contributed by atoms with Crippen LogP contribution in [0.5, 0.6) is 5.75 Å². The molecule has 1 unspecified atom stereocenters. The molecule has 0 saturated carbocycles. The summed E-state index contributed by atoms with van der Waals surface area (Å²) in [5.41, 5.74) is 4.38. The van der Waals surface area contributed by atoms with E-state index in [4.69, 9.17) is 21.3 Å². The van der Waals surface area contributed by atoms with E-state index in [0.29, 0.717) is 37.1 Å². The summed E-state index contributed by atoms with van der Waals surface area (Å²) in [5, 5.41) is 3.69. The number of carbonyl (C=O) groups excluding carboxylic acids is 1. The molecule has 1 atom stereocenters. The predicted octanol–water partition coefficient (Wildman–Crippen LogP) is 6.57. The van der Waals surface area contributed by atoms with E-state index < -0.39 is 0 Å². The van der Waals surface area contributed by atoms with Gasteiger partial charge in [0.25, 0.3) is 0 Å². The molecule has 0 radical (unpaired) electrons. The van der Waals surface area contributed by atoms with Crippen LogP contribution in [0.25, 0.3) is 11.0 Å². The Morgan fingerprint density at radius 1 is 1.06 bits per heavy atom. The highest BCUT2D eigenvalue weighted by molar-refractivity contribution is 6.30. The van der Waals surface area contributed by atoms with Gasteiger partial charge in [-0.2, -0.15) is 0 Å². The van der Waals surface area contributed by atoms with Crippen LogP contribution in [0.1, 0.15) is 49.6 Å². The number of amides is 1. The van der Waals surface area contributed by atoms with Crippen molar-refractivity contribution in [1.29, 1.82) is 0 Å². The highest BCUT2D eigenvalue weighted by atomic mass is 35.5. The molecular weight excluding hydrogens is 470 g/mol. The summed E-state index contributed by atoms with van der Waals surface area (Å²) in [6.45, 7) is 6.33. The Balaban J connectivity index is 1.31. The van der Waals surface area contributed by atoms with Crippen molar-refractivity contribution in [3.63, 3.8) is 0 Å². The summed E-state index contributed by atoms with van der Waals surface area (Å²) >= 11 is 5.92. The first-order valence-electron chi connectivity index (χ1n) is 12.7. The topological polar surface area (TPSA) is 56.1 Å². The number of aryl methyl sites for hydroxylation is 1. The van der Waals surface area contributed by atoms with Crippen molar-refractivity contribution < 1.29 is 9.53 Å². The number of halogens is 1. The number of para-hydroxylation sites is 2. The van der Waals surface area contributed by atoms with Gasteiger partial charge in [0.2, 0.25) is 5.91 Å². The van der Waals surface area contributed by atoms with Crippen LogP contribution in [0.15, 0.2) is 72.8 Å². The maximum Gasteiger partial charge on any atom is 0.224 e. The van der Waals surface area contributed by atoms with Crippen LogP contribution in [0.4, 0.5) is 0 Å². The molecule has 4 aromatic rings. The average Bonchev–Trinajstić information content (AvgIpc) is 3.25. The Kier molecular flexibility index (Phi) is 9.01. The van der Waals surface area contributed by atoms with Crippen LogP contribution in [-0.4, -0.2) is 28.6 Å². The minimum atomic E-state index is 0.0126. The molecule has 1 aromatic heterocycles. The SMILES string of the molecule is CCC(C)c1ccc(OCCn2c(CCCNC(=O)Cc3ccc(Cl)cc3)nc3ccccc32)cc1. The van der Waals surface area contributed by atoms with E-state index in [1.807, 2.05) is 30.3 Å². The predicted molar refractivity (Wildman–Crippen MR) is 147 cm³/mol. The minimum Gasteiger partial charge on any atom is -0.492 e. The molecule has 0 fully saturated rings. The lowest BCUT2D eigenvalue weighted by Crippen LogP contribution is -2.26. The Bertz CT molecular complexity index is 1270. The quantitative estimate of drug-likeness (QED) is 0.222. The van der Waals surface area contributed by atoms with Gasteiger partial charge in [-0.1, -0.05) is 61.8 Å². The summed E-state index contributed by atoms with van der Waals surface area (Å²) in [4.78, 5) is 17.1. The molecule has 6 heteroatoms. The lowest BCUT2D eigenvalue weighted by atomic mass is 9.99.